The maximum absolute atomic E-state index is 12.0. The van der Waals surface area contributed by atoms with Gasteiger partial charge in [0.15, 0.2) is 0 Å². The van der Waals surface area contributed by atoms with E-state index in [0.29, 0.717) is 5.75 Å². The Morgan fingerprint density at radius 2 is 1.75 bits per heavy atom. The van der Waals surface area contributed by atoms with Crippen molar-refractivity contribution in [3.63, 3.8) is 0 Å². The molecule has 1 heterocycles. The van der Waals surface area contributed by atoms with Gasteiger partial charge in [0.05, 0.1) is 19.0 Å². The minimum atomic E-state index is 0.0371. The normalized spacial score (nSPS) is 14.4. The molecule has 1 aliphatic rings. The Morgan fingerprint density at radius 3 is 2.46 bits per heavy atom. The molecule has 0 saturated carbocycles. The molecule has 0 aliphatic carbocycles. The second-order valence-corrected chi connectivity index (χ2v) is 6.66. The number of rotatable bonds is 6. The number of nitrogens with zero attached hydrogens (tertiary/aromatic N) is 1. The van der Waals surface area contributed by atoms with Crippen LogP contribution in [0.1, 0.15) is 5.56 Å². The number of hydrogen-bond donors (Lipinski definition) is 1. The van der Waals surface area contributed by atoms with Crippen molar-refractivity contribution in [1.82, 2.24) is 0 Å². The first-order valence-corrected chi connectivity index (χ1v) is 9.31. The Labute approximate surface area is 147 Å². The third kappa shape index (κ3) is 5.01. The summed E-state index contributed by atoms with van der Waals surface area (Å²) < 4.78 is 5.37. The molecular formula is C19H22N2O2S. The molecule has 1 amide bonds. The summed E-state index contributed by atoms with van der Waals surface area (Å²) in [6.07, 6.45) is 0. The molecule has 1 aliphatic heterocycles. The van der Waals surface area contributed by atoms with E-state index in [0.717, 1.165) is 37.7 Å². The number of hydrogen-bond acceptors (Lipinski definition) is 4. The molecule has 0 bridgehead atoms. The van der Waals surface area contributed by atoms with E-state index in [-0.39, 0.29) is 5.91 Å². The largest absolute Gasteiger partial charge is 0.378 e. The number of anilines is 2. The second kappa shape index (κ2) is 8.76. The summed E-state index contributed by atoms with van der Waals surface area (Å²) in [5.74, 6) is 1.35. The quantitative estimate of drug-likeness (QED) is 0.874. The van der Waals surface area contributed by atoms with Crippen molar-refractivity contribution in [2.45, 2.75) is 5.75 Å². The fraction of sp³-hybridized carbons (Fsp3) is 0.316. The number of thioether (sulfide) groups is 1. The Morgan fingerprint density at radius 1 is 1.04 bits per heavy atom. The van der Waals surface area contributed by atoms with Gasteiger partial charge in [-0.15, -0.1) is 11.8 Å². The van der Waals surface area contributed by atoms with E-state index in [1.54, 1.807) is 11.8 Å². The lowest BCUT2D eigenvalue weighted by atomic mass is 10.2. The summed E-state index contributed by atoms with van der Waals surface area (Å²) in [5, 5.41) is 2.96. The van der Waals surface area contributed by atoms with Crippen molar-refractivity contribution < 1.29 is 9.53 Å². The van der Waals surface area contributed by atoms with Gasteiger partial charge in [0, 0.05) is 30.2 Å². The number of carbonyl (C=O) groups is 1. The van der Waals surface area contributed by atoms with Gasteiger partial charge in [0.25, 0.3) is 0 Å². The molecule has 0 spiro atoms. The highest BCUT2D eigenvalue weighted by molar-refractivity contribution is 7.99. The van der Waals surface area contributed by atoms with Crippen LogP contribution in [0, 0.1) is 0 Å². The van der Waals surface area contributed by atoms with Crippen LogP contribution in [0.4, 0.5) is 11.4 Å². The molecule has 0 radical (unpaired) electrons. The van der Waals surface area contributed by atoms with Crippen molar-refractivity contribution in [3.8, 4) is 0 Å². The Hall–Kier alpha value is -1.98. The summed E-state index contributed by atoms with van der Waals surface area (Å²) in [7, 11) is 0. The summed E-state index contributed by atoms with van der Waals surface area (Å²) in [4.78, 5) is 14.3. The predicted octanol–water partition coefficient (Wildman–Crippen LogP) is 3.40. The number of morpholine rings is 1. The van der Waals surface area contributed by atoms with Crippen LogP contribution in [-0.2, 0) is 15.3 Å². The minimum absolute atomic E-state index is 0.0371. The number of ether oxygens (including phenoxy) is 1. The van der Waals surface area contributed by atoms with Crippen LogP contribution in [0.15, 0.2) is 54.6 Å². The Balaban J connectivity index is 1.44. The van der Waals surface area contributed by atoms with E-state index in [1.165, 1.54) is 11.3 Å². The van der Waals surface area contributed by atoms with Gasteiger partial charge in [0.1, 0.15) is 0 Å². The van der Waals surface area contributed by atoms with Gasteiger partial charge in [-0.2, -0.15) is 0 Å². The molecule has 0 unspecified atom stereocenters. The highest BCUT2D eigenvalue weighted by Gasteiger charge is 2.11. The van der Waals surface area contributed by atoms with Gasteiger partial charge in [-0.3, -0.25) is 4.79 Å². The Bertz CT molecular complexity index is 640. The van der Waals surface area contributed by atoms with E-state index < -0.39 is 0 Å². The van der Waals surface area contributed by atoms with E-state index in [4.69, 9.17) is 4.74 Å². The summed E-state index contributed by atoms with van der Waals surface area (Å²) in [6.45, 7) is 3.39. The zero-order valence-corrected chi connectivity index (χ0v) is 14.4. The summed E-state index contributed by atoms with van der Waals surface area (Å²) in [5.41, 5.74) is 3.26. The van der Waals surface area contributed by atoms with Gasteiger partial charge >= 0.3 is 0 Å². The molecule has 1 saturated heterocycles. The molecule has 2 aromatic rings. The van der Waals surface area contributed by atoms with Crippen LogP contribution < -0.4 is 10.2 Å². The number of benzene rings is 2. The molecule has 24 heavy (non-hydrogen) atoms. The lowest BCUT2D eigenvalue weighted by Gasteiger charge is -2.28. The van der Waals surface area contributed by atoms with Crippen LogP contribution in [0.3, 0.4) is 0 Å². The molecule has 0 aromatic heterocycles. The fourth-order valence-electron chi connectivity index (χ4n) is 2.61. The average molecular weight is 342 g/mol. The van der Waals surface area contributed by atoms with E-state index in [1.807, 2.05) is 30.3 Å². The SMILES string of the molecule is O=C(CSCc1ccccc1)Nc1ccc(N2CCOCC2)cc1. The third-order valence-electron chi connectivity index (χ3n) is 3.87. The molecule has 2 aromatic carbocycles. The maximum Gasteiger partial charge on any atom is 0.234 e. The molecule has 126 valence electrons. The van der Waals surface area contributed by atoms with Crippen LogP contribution in [0.25, 0.3) is 0 Å². The number of amides is 1. The standard InChI is InChI=1S/C19H22N2O2S/c22-19(15-24-14-16-4-2-1-3-5-16)20-17-6-8-18(9-7-17)21-10-12-23-13-11-21/h1-9H,10-15H2,(H,20,22). The molecule has 1 fully saturated rings. The van der Waals surface area contributed by atoms with Gasteiger partial charge in [-0.1, -0.05) is 30.3 Å². The molecule has 0 atom stereocenters. The van der Waals surface area contributed by atoms with Crippen molar-refractivity contribution in [2.75, 3.05) is 42.3 Å². The van der Waals surface area contributed by atoms with Crippen molar-refractivity contribution in [2.24, 2.45) is 0 Å². The molecule has 3 rings (SSSR count). The maximum atomic E-state index is 12.0. The lowest BCUT2D eigenvalue weighted by molar-refractivity contribution is -0.113. The first kappa shape index (κ1) is 16.9. The highest BCUT2D eigenvalue weighted by Crippen LogP contribution is 2.19. The second-order valence-electron chi connectivity index (χ2n) is 5.67. The molecular weight excluding hydrogens is 320 g/mol. The van der Waals surface area contributed by atoms with Gasteiger partial charge in [-0.05, 0) is 29.8 Å². The summed E-state index contributed by atoms with van der Waals surface area (Å²) in [6, 6.07) is 18.2. The van der Waals surface area contributed by atoms with Crippen LogP contribution >= 0.6 is 11.8 Å². The molecule has 5 heteroatoms. The Kier molecular flexibility index (Phi) is 6.15. The topological polar surface area (TPSA) is 41.6 Å². The molecule has 1 N–H and O–H groups in total. The number of nitrogens with one attached hydrogen (secondary N) is 1. The van der Waals surface area contributed by atoms with Crippen molar-refractivity contribution in [1.29, 1.82) is 0 Å². The summed E-state index contributed by atoms with van der Waals surface area (Å²) >= 11 is 1.63. The number of carbonyl (C=O) groups excluding carboxylic acids is 1. The van der Waals surface area contributed by atoms with E-state index in [9.17, 15) is 4.79 Å². The first-order chi connectivity index (χ1) is 11.8. The van der Waals surface area contributed by atoms with Crippen LogP contribution in [0.2, 0.25) is 0 Å². The first-order valence-electron chi connectivity index (χ1n) is 8.15. The molecule has 4 nitrogen and oxygen atoms in total. The monoisotopic (exact) mass is 342 g/mol. The van der Waals surface area contributed by atoms with Crippen molar-refractivity contribution in [3.05, 3.63) is 60.2 Å². The zero-order valence-electron chi connectivity index (χ0n) is 13.6. The van der Waals surface area contributed by atoms with Gasteiger partial charge in [0.2, 0.25) is 5.91 Å². The smallest absolute Gasteiger partial charge is 0.234 e. The van der Waals surface area contributed by atoms with E-state index in [2.05, 4.69) is 34.5 Å². The average Bonchev–Trinajstić information content (AvgIpc) is 2.64. The van der Waals surface area contributed by atoms with Crippen molar-refractivity contribution >= 4 is 29.0 Å². The van der Waals surface area contributed by atoms with Crippen LogP contribution in [0.5, 0.6) is 0 Å². The van der Waals surface area contributed by atoms with Gasteiger partial charge < -0.3 is 15.0 Å². The van der Waals surface area contributed by atoms with Crippen LogP contribution in [-0.4, -0.2) is 38.0 Å². The third-order valence-corrected chi connectivity index (χ3v) is 4.88. The zero-order chi connectivity index (χ0) is 16.6. The predicted molar refractivity (Wildman–Crippen MR) is 101 cm³/mol. The lowest BCUT2D eigenvalue weighted by Crippen LogP contribution is -2.36. The minimum Gasteiger partial charge on any atom is -0.378 e. The highest BCUT2D eigenvalue weighted by atomic mass is 32.2. The fourth-order valence-corrected chi connectivity index (χ4v) is 3.40. The van der Waals surface area contributed by atoms with Gasteiger partial charge in [-0.25, -0.2) is 0 Å². The van der Waals surface area contributed by atoms with E-state index >= 15 is 0 Å².